The Balaban J connectivity index is 1.42. The number of aromatic nitrogens is 5. The summed E-state index contributed by atoms with van der Waals surface area (Å²) in [4.78, 5) is 15.7. The monoisotopic (exact) mass is 497 g/mol. The number of allylic oxidation sites excluding steroid dienone is 2. The molecular formula is C27H24FN7S. The lowest BCUT2D eigenvalue weighted by atomic mass is 10.1. The normalized spacial score (nSPS) is 15.1. The van der Waals surface area contributed by atoms with Gasteiger partial charge in [-0.15, -0.1) is 11.3 Å². The van der Waals surface area contributed by atoms with Gasteiger partial charge in [-0.25, -0.2) is 4.98 Å². The molecule has 1 fully saturated rings. The number of aromatic amines is 2. The molecule has 6 rings (SSSR count). The summed E-state index contributed by atoms with van der Waals surface area (Å²) in [5, 5.41) is 9.93. The Morgan fingerprint density at radius 3 is 2.86 bits per heavy atom. The molecule has 0 aliphatic carbocycles. The average molecular weight is 498 g/mol. The quantitative estimate of drug-likeness (QED) is 0.344. The van der Waals surface area contributed by atoms with E-state index >= 15 is 0 Å². The molecular weight excluding hydrogens is 473 g/mol. The molecule has 5 heterocycles. The lowest BCUT2D eigenvalue weighted by molar-refractivity contribution is 0.513. The number of hydrogen-bond donors (Lipinski definition) is 3. The van der Waals surface area contributed by atoms with Gasteiger partial charge in [0.1, 0.15) is 11.5 Å². The van der Waals surface area contributed by atoms with Crippen LogP contribution in [0.4, 0.5) is 10.2 Å². The van der Waals surface area contributed by atoms with Crippen LogP contribution in [0.3, 0.4) is 0 Å². The van der Waals surface area contributed by atoms with Crippen molar-refractivity contribution in [3.63, 3.8) is 0 Å². The van der Waals surface area contributed by atoms with Gasteiger partial charge in [0.15, 0.2) is 5.13 Å². The number of nitrogens with zero attached hydrogens (tertiary/aromatic N) is 4. The van der Waals surface area contributed by atoms with Crippen LogP contribution in [-0.2, 0) is 0 Å². The zero-order chi connectivity index (χ0) is 24.8. The average Bonchev–Trinajstić information content (AvgIpc) is 3.58. The molecule has 1 aliphatic heterocycles. The second kappa shape index (κ2) is 8.85. The van der Waals surface area contributed by atoms with Gasteiger partial charge >= 0.3 is 0 Å². The van der Waals surface area contributed by atoms with Crippen LogP contribution in [0.1, 0.15) is 12.6 Å². The number of fused-ring (bicyclic) bond motifs is 1. The Bertz CT molecular complexity index is 1720. The van der Waals surface area contributed by atoms with Crippen molar-refractivity contribution in [3.8, 4) is 21.8 Å². The zero-order valence-corrected chi connectivity index (χ0v) is 20.4. The Morgan fingerprint density at radius 2 is 2.11 bits per heavy atom. The molecule has 0 radical (unpaired) electrons. The molecule has 180 valence electrons. The number of H-pyrrole nitrogens is 2. The van der Waals surface area contributed by atoms with Crippen molar-refractivity contribution >= 4 is 46.3 Å². The van der Waals surface area contributed by atoms with Gasteiger partial charge in [0.2, 0.25) is 0 Å². The van der Waals surface area contributed by atoms with Crippen LogP contribution in [0.15, 0.2) is 54.9 Å². The highest BCUT2D eigenvalue weighted by Crippen LogP contribution is 2.34. The zero-order valence-electron chi connectivity index (χ0n) is 19.6. The van der Waals surface area contributed by atoms with Crippen LogP contribution in [-0.4, -0.2) is 44.3 Å². The molecule has 1 aliphatic rings. The topological polar surface area (TPSA) is 99.5 Å². The summed E-state index contributed by atoms with van der Waals surface area (Å²) in [5.74, 6) is 0.817. The van der Waals surface area contributed by atoms with Gasteiger partial charge in [-0.1, -0.05) is 24.8 Å². The molecule has 4 aromatic heterocycles. The summed E-state index contributed by atoms with van der Waals surface area (Å²) in [6, 6.07) is 11.5. The number of halogens is 1. The summed E-state index contributed by atoms with van der Waals surface area (Å²) in [5.41, 5.74) is 11.1. The van der Waals surface area contributed by atoms with E-state index < -0.39 is 0 Å². The molecule has 9 heteroatoms. The summed E-state index contributed by atoms with van der Waals surface area (Å²) in [7, 11) is 0. The first-order chi connectivity index (χ1) is 17.5. The number of thiophene rings is 1. The second-order valence-electron chi connectivity index (χ2n) is 8.83. The van der Waals surface area contributed by atoms with Gasteiger partial charge in [-0.2, -0.15) is 9.49 Å². The summed E-state index contributed by atoms with van der Waals surface area (Å²) in [6.45, 7) is 7.69. The third-order valence-corrected chi connectivity index (χ3v) is 7.31. The van der Waals surface area contributed by atoms with Gasteiger partial charge in [0.05, 0.1) is 29.1 Å². The van der Waals surface area contributed by atoms with Gasteiger partial charge < -0.3 is 15.6 Å². The summed E-state index contributed by atoms with van der Waals surface area (Å²) < 4.78 is 13.7. The Labute approximate surface area is 210 Å². The third kappa shape index (κ3) is 3.92. The molecule has 7 nitrogen and oxygen atoms in total. The molecule has 0 amide bonds. The fourth-order valence-electron chi connectivity index (χ4n) is 4.51. The lowest BCUT2D eigenvalue weighted by Crippen LogP contribution is -2.56. The van der Waals surface area contributed by atoms with E-state index in [2.05, 4.69) is 37.7 Å². The van der Waals surface area contributed by atoms with E-state index in [4.69, 9.17) is 10.7 Å². The van der Waals surface area contributed by atoms with Crippen molar-refractivity contribution in [2.24, 2.45) is 5.73 Å². The molecule has 4 N–H and O–H groups in total. The fourth-order valence-corrected chi connectivity index (χ4v) is 5.28. The summed E-state index contributed by atoms with van der Waals surface area (Å²) in [6.07, 6.45) is 7.55. The highest BCUT2D eigenvalue weighted by Gasteiger charge is 2.24. The number of benzene rings is 1. The minimum absolute atomic E-state index is 0.182. The number of rotatable bonds is 5. The van der Waals surface area contributed by atoms with E-state index in [1.165, 1.54) is 6.07 Å². The number of nitrogens with two attached hydrogens (primary N) is 1. The van der Waals surface area contributed by atoms with Gasteiger partial charge in [-0.3, -0.25) is 10.1 Å². The first-order valence-electron chi connectivity index (χ1n) is 11.6. The largest absolute Gasteiger partial charge is 0.353 e. The van der Waals surface area contributed by atoms with E-state index in [9.17, 15) is 4.39 Å². The maximum atomic E-state index is 13.7. The van der Waals surface area contributed by atoms with Crippen molar-refractivity contribution in [2.75, 3.05) is 18.0 Å². The molecule has 0 atom stereocenters. The molecule has 0 saturated carbocycles. The van der Waals surface area contributed by atoms with Crippen molar-refractivity contribution in [1.29, 1.82) is 0 Å². The number of hydrogen-bond acceptors (Lipinski definition) is 6. The standard InChI is InChI=1S/C27H24FN7S/c1-3-16(23-11-30-12-26(32-23)35-13-17(29)14-35)9-19-15(2)33-34-27(19)22-10-20-18(5-4-6-21(20)31-22)24-7-8-25(28)36-24/h3-12,17,31,33H,2,13-14,29H2,1H3/b16-3+,19-9+. The first-order valence-corrected chi connectivity index (χ1v) is 12.4. The predicted molar refractivity (Wildman–Crippen MR) is 144 cm³/mol. The van der Waals surface area contributed by atoms with E-state index in [1.54, 1.807) is 12.4 Å². The fraction of sp³-hybridized carbons (Fsp3) is 0.148. The van der Waals surface area contributed by atoms with Crippen LogP contribution < -0.4 is 21.2 Å². The van der Waals surface area contributed by atoms with Crippen LogP contribution in [0.25, 0.3) is 51.0 Å². The van der Waals surface area contributed by atoms with E-state index in [0.717, 1.165) is 79.5 Å². The smallest absolute Gasteiger partial charge is 0.176 e. The molecule has 36 heavy (non-hydrogen) atoms. The van der Waals surface area contributed by atoms with E-state index in [1.807, 2.05) is 43.3 Å². The Morgan fingerprint density at radius 1 is 1.25 bits per heavy atom. The van der Waals surface area contributed by atoms with Crippen molar-refractivity contribution < 1.29 is 4.39 Å². The van der Waals surface area contributed by atoms with Crippen LogP contribution >= 0.6 is 11.3 Å². The molecule has 1 saturated heterocycles. The number of anilines is 1. The van der Waals surface area contributed by atoms with Crippen molar-refractivity contribution in [3.05, 3.63) is 76.3 Å². The van der Waals surface area contributed by atoms with E-state index in [0.29, 0.717) is 5.35 Å². The third-order valence-electron chi connectivity index (χ3n) is 6.40. The minimum atomic E-state index is -0.202. The van der Waals surface area contributed by atoms with Crippen LogP contribution in [0, 0.1) is 5.13 Å². The SMILES string of the molecule is C=c1[nH]nc(-c2cc3c(-c4ccc(F)s4)cccc3[nH]2)/c1=C/C(=C\C)c1cncc(N2CC(N)C2)n1. The molecule has 5 aromatic rings. The highest BCUT2D eigenvalue weighted by molar-refractivity contribution is 7.14. The lowest BCUT2D eigenvalue weighted by Gasteiger charge is -2.37. The molecule has 0 spiro atoms. The Kier molecular flexibility index (Phi) is 5.50. The highest BCUT2D eigenvalue weighted by atomic mass is 32.1. The Hall–Kier alpha value is -4.08. The number of nitrogens with one attached hydrogen (secondary N) is 2. The van der Waals surface area contributed by atoms with Gasteiger partial charge in [-0.05, 0) is 42.8 Å². The summed E-state index contributed by atoms with van der Waals surface area (Å²) >= 11 is 1.14. The van der Waals surface area contributed by atoms with Gasteiger partial charge in [0.25, 0.3) is 0 Å². The minimum Gasteiger partial charge on any atom is -0.353 e. The van der Waals surface area contributed by atoms with Crippen LogP contribution in [0.2, 0.25) is 0 Å². The maximum Gasteiger partial charge on any atom is 0.176 e. The van der Waals surface area contributed by atoms with Crippen molar-refractivity contribution in [2.45, 2.75) is 13.0 Å². The molecule has 1 aromatic carbocycles. The van der Waals surface area contributed by atoms with E-state index in [-0.39, 0.29) is 11.2 Å². The van der Waals surface area contributed by atoms with Crippen LogP contribution in [0.5, 0.6) is 0 Å². The second-order valence-corrected chi connectivity index (χ2v) is 9.87. The first kappa shape index (κ1) is 22.4. The van der Waals surface area contributed by atoms with Gasteiger partial charge in [0, 0.05) is 45.7 Å². The molecule has 0 unspecified atom stereocenters. The maximum absolute atomic E-state index is 13.7. The molecule has 0 bridgehead atoms. The van der Waals surface area contributed by atoms with Crippen molar-refractivity contribution in [1.82, 2.24) is 25.1 Å². The predicted octanol–water partition coefficient (Wildman–Crippen LogP) is 3.66.